The minimum Gasteiger partial charge on any atom is -0.330 e. The molecular weight excluding hydrogens is 176 g/mol. The average molecular weight is 192 g/mol. The van der Waals surface area contributed by atoms with E-state index >= 15 is 0 Å². The summed E-state index contributed by atoms with van der Waals surface area (Å²) >= 11 is 0. The zero-order valence-corrected chi connectivity index (χ0v) is 8.35. The summed E-state index contributed by atoms with van der Waals surface area (Å²) in [6, 6.07) is 0. The summed E-state index contributed by atoms with van der Waals surface area (Å²) in [5, 5.41) is 0. The van der Waals surface area contributed by atoms with Crippen LogP contribution in [-0.2, 0) is 11.3 Å². The van der Waals surface area contributed by atoms with Crippen molar-refractivity contribution in [3.63, 3.8) is 0 Å². The van der Waals surface area contributed by atoms with Crippen LogP contribution in [-0.4, -0.2) is 15.8 Å². The van der Waals surface area contributed by atoms with Crippen molar-refractivity contribution in [2.45, 2.75) is 44.6 Å². The summed E-state index contributed by atoms with van der Waals surface area (Å²) in [6.45, 7) is 0.430. The van der Waals surface area contributed by atoms with Crippen molar-refractivity contribution < 1.29 is 4.79 Å². The van der Waals surface area contributed by atoms with Crippen molar-refractivity contribution in [2.24, 2.45) is 0 Å². The molecule has 0 radical (unpaired) electrons. The minimum absolute atomic E-state index is 0.430. The van der Waals surface area contributed by atoms with Gasteiger partial charge in [0, 0.05) is 12.1 Å². The molecule has 1 aliphatic rings. The Morgan fingerprint density at radius 1 is 1.43 bits per heavy atom. The van der Waals surface area contributed by atoms with Gasteiger partial charge in [0.1, 0.15) is 6.29 Å². The van der Waals surface area contributed by atoms with Crippen molar-refractivity contribution in [2.75, 3.05) is 0 Å². The molecule has 1 fully saturated rings. The number of imidazole rings is 1. The maximum atomic E-state index is 10.3. The highest BCUT2D eigenvalue weighted by Crippen LogP contribution is 2.31. The zero-order valence-electron chi connectivity index (χ0n) is 8.35. The molecule has 1 heterocycles. The van der Waals surface area contributed by atoms with E-state index in [1.807, 2.05) is 10.8 Å². The molecule has 1 aromatic heterocycles. The van der Waals surface area contributed by atoms with E-state index in [0.717, 1.165) is 6.29 Å². The molecule has 3 nitrogen and oxygen atoms in total. The molecular formula is C11H16N2O. The number of aromatic nitrogens is 2. The number of hydrogen-bond donors (Lipinski definition) is 0. The van der Waals surface area contributed by atoms with E-state index in [4.69, 9.17) is 0 Å². The van der Waals surface area contributed by atoms with E-state index in [1.165, 1.54) is 37.8 Å². The first kappa shape index (κ1) is 9.44. The second-order valence-corrected chi connectivity index (χ2v) is 4.00. The first-order valence-electron chi connectivity index (χ1n) is 5.35. The largest absolute Gasteiger partial charge is 0.330 e. The van der Waals surface area contributed by atoms with Gasteiger partial charge in [0.2, 0.25) is 0 Å². The fourth-order valence-corrected chi connectivity index (χ4v) is 2.17. The van der Waals surface area contributed by atoms with Crippen LogP contribution in [0.25, 0.3) is 0 Å². The smallest absolute Gasteiger partial charge is 0.139 e. The molecule has 1 aliphatic carbocycles. The molecule has 0 atom stereocenters. The van der Waals surface area contributed by atoms with Gasteiger partial charge in [0.15, 0.2) is 0 Å². The normalized spacial score (nSPS) is 18.3. The topological polar surface area (TPSA) is 34.9 Å². The Morgan fingerprint density at radius 2 is 2.21 bits per heavy atom. The van der Waals surface area contributed by atoms with Crippen molar-refractivity contribution in [1.82, 2.24) is 9.55 Å². The molecule has 0 N–H and O–H groups in total. The summed E-state index contributed by atoms with van der Waals surface area (Å²) in [7, 11) is 0. The quantitative estimate of drug-likeness (QED) is 0.688. The first-order valence-corrected chi connectivity index (χ1v) is 5.35. The number of carbonyl (C=O) groups is 1. The molecule has 0 aliphatic heterocycles. The highest BCUT2D eigenvalue weighted by atomic mass is 16.1. The summed E-state index contributed by atoms with van der Waals surface area (Å²) in [6.07, 6.45) is 11.2. The molecule has 0 unspecified atom stereocenters. The van der Waals surface area contributed by atoms with Crippen molar-refractivity contribution in [3.8, 4) is 0 Å². The molecule has 14 heavy (non-hydrogen) atoms. The van der Waals surface area contributed by atoms with Crippen LogP contribution in [0.15, 0.2) is 12.5 Å². The maximum Gasteiger partial charge on any atom is 0.139 e. The summed E-state index contributed by atoms with van der Waals surface area (Å²) in [5.74, 6) is 0.636. The molecule has 3 heteroatoms. The van der Waals surface area contributed by atoms with E-state index in [-0.39, 0.29) is 0 Å². The van der Waals surface area contributed by atoms with E-state index in [0.29, 0.717) is 12.5 Å². The van der Waals surface area contributed by atoms with Gasteiger partial charge in [0.25, 0.3) is 0 Å². The Bertz CT molecular complexity index is 300. The van der Waals surface area contributed by atoms with Gasteiger partial charge >= 0.3 is 0 Å². The number of nitrogens with zero attached hydrogens (tertiary/aromatic N) is 2. The third kappa shape index (κ3) is 2.03. The van der Waals surface area contributed by atoms with Gasteiger partial charge < -0.3 is 9.36 Å². The second-order valence-electron chi connectivity index (χ2n) is 4.00. The Hall–Kier alpha value is -1.12. The Kier molecular flexibility index (Phi) is 2.96. The predicted octanol–water partition coefficient (Wildman–Crippen LogP) is 2.13. The maximum absolute atomic E-state index is 10.3. The Balaban J connectivity index is 2.03. The number of hydrogen-bond acceptors (Lipinski definition) is 2. The molecule has 0 bridgehead atoms. The van der Waals surface area contributed by atoms with Gasteiger partial charge in [-0.3, -0.25) is 0 Å². The molecule has 0 saturated heterocycles. The number of carbonyl (C=O) groups excluding carboxylic acids is 1. The van der Waals surface area contributed by atoms with E-state index in [1.54, 1.807) is 6.33 Å². The lowest BCUT2D eigenvalue weighted by Crippen LogP contribution is -2.04. The number of rotatable bonds is 3. The van der Waals surface area contributed by atoms with Gasteiger partial charge in [-0.1, -0.05) is 19.3 Å². The summed E-state index contributed by atoms with van der Waals surface area (Å²) in [4.78, 5) is 14.7. The van der Waals surface area contributed by atoms with Gasteiger partial charge in [-0.15, -0.1) is 0 Å². The third-order valence-corrected chi connectivity index (χ3v) is 2.96. The average Bonchev–Trinajstić information content (AvgIpc) is 2.68. The van der Waals surface area contributed by atoms with Crippen LogP contribution in [0, 0.1) is 0 Å². The predicted molar refractivity (Wildman–Crippen MR) is 54.1 cm³/mol. The van der Waals surface area contributed by atoms with E-state index in [9.17, 15) is 4.79 Å². The standard InChI is InChI=1S/C11H16N2O/c14-7-6-13-8-11(12-9-13)10-4-2-1-3-5-10/h7-10H,1-6H2. The summed E-state index contributed by atoms with van der Waals surface area (Å²) < 4.78 is 1.86. The minimum atomic E-state index is 0.430. The highest BCUT2D eigenvalue weighted by Gasteiger charge is 2.17. The van der Waals surface area contributed by atoms with Crippen LogP contribution < -0.4 is 0 Å². The molecule has 2 rings (SSSR count). The highest BCUT2D eigenvalue weighted by molar-refractivity contribution is 5.49. The van der Waals surface area contributed by atoms with Crippen LogP contribution in [0.1, 0.15) is 43.7 Å². The van der Waals surface area contributed by atoms with Crippen LogP contribution in [0.2, 0.25) is 0 Å². The molecule has 0 aromatic carbocycles. The summed E-state index contributed by atoms with van der Waals surface area (Å²) in [5.41, 5.74) is 1.17. The third-order valence-electron chi connectivity index (χ3n) is 2.96. The first-order chi connectivity index (χ1) is 6.90. The van der Waals surface area contributed by atoms with Crippen molar-refractivity contribution in [3.05, 3.63) is 18.2 Å². The molecule has 1 aromatic rings. The molecule has 0 spiro atoms. The van der Waals surface area contributed by atoms with Crippen LogP contribution >= 0.6 is 0 Å². The zero-order chi connectivity index (χ0) is 9.80. The van der Waals surface area contributed by atoms with E-state index in [2.05, 4.69) is 4.98 Å². The Labute approximate surface area is 84.1 Å². The monoisotopic (exact) mass is 192 g/mol. The van der Waals surface area contributed by atoms with Gasteiger partial charge in [-0.25, -0.2) is 4.98 Å². The molecule has 1 saturated carbocycles. The fraction of sp³-hybridized carbons (Fsp3) is 0.636. The Morgan fingerprint density at radius 3 is 2.93 bits per heavy atom. The van der Waals surface area contributed by atoms with Crippen LogP contribution in [0.5, 0.6) is 0 Å². The molecule has 76 valence electrons. The van der Waals surface area contributed by atoms with Gasteiger partial charge in [-0.2, -0.15) is 0 Å². The lowest BCUT2D eigenvalue weighted by molar-refractivity contribution is -0.108. The second kappa shape index (κ2) is 4.40. The fourth-order valence-electron chi connectivity index (χ4n) is 2.17. The van der Waals surface area contributed by atoms with Crippen LogP contribution in [0.3, 0.4) is 0 Å². The lowest BCUT2D eigenvalue weighted by Gasteiger charge is -2.19. The van der Waals surface area contributed by atoms with Crippen molar-refractivity contribution in [1.29, 1.82) is 0 Å². The van der Waals surface area contributed by atoms with Gasteiger partial charge in [-0.05, 0) is 12.8 Å². The SMILES string of the molecule is O=CCn1cnc(C2CCCCC2)c1. The lowest BCUT2D eigenvalue weighted by atomic mass is 9.87. The van der Waals surface area contributed by atoms with Crippen molar-refractivity contribution >= 4 is 6.29 Å². The van der Waals surface area contributed by atoms with Crippen LogP contribution in [0.4, 0.5) is 0 Å². The number of aldehydes is 1. The van der Waals surface area contributed by atoms with E-state index < -0.39 is 0 Å². The molecule has 0 amide bonds. The van der Waals surface area contributed by atoms with Gasteiger partial charge in [0.05, 0.1) is 18.6 Å².